The number of carbonyl (C=O) groups is 1. The Hall–Kier alpha value is -1.89. The van der Waals surface area contributed by atoms with Crippen LogP contribution in [0.5, 0.6) is 0 Å². The first-order valence-corrected chi connectivity index (χ1v) is 9.81. The molecule has 2 aliphatic heterocycles. The standard InChI is InChI=1S/C21H29N3O3/c1-13-4-5-14(2)21-20(13)16(15(3)22-21)10-19(25)23-17-11-27-12-18(17)24-6-8-26-9-7-24/h4-5,17-18,22H,6-12H2,1-3H3,(H,23,25)/t17-,18-/m1/s1. The molecule has 1 aromatic carbocycles. The van der Waals surface area contributed by atoms with E-state index in [0.29, 0.717) is 19.6 Å². The molecule has 3 heterocycles. The van der Waals surface area contributed by atoms with Crippen LogP contribution in [0.4, 0.5) is 0 Å². The normalized spacial score (nSPS) is 23.8. The Morgan fingerprint density at radius 3 is 2.67 bits per heavy atom. The molecule has 1 aromatic heterocycles. The SMILES string of the molecule is Cc1[nH]c2c(C)ccc(C)c2c1CC(=O)N[C@@H]1COC[C@H]1N1CCOCC1. The number of carbonyl (C=O) groups excluding carboxylic acids is 1. The van der Waals surface area contributed by atoms with E-state index in [4.69, 9.17) is 9.47 Å². The van der Waals surface area contributed by atoms with E-state index in [1.54, 1.807) is 0 Å². The average molecular weight is 371 g/mol. The Balaban J connectivity index is 1.49. The van der Waals surface area contributed by atoms with Crippen molar-refractivity contribution in [2.45, 2.75) is 39.3 Å². The van der Waals surface area contributed by atoms with Gasteiger partial charge in [0, 0.05) is 29.7 Å². The molecule has 4 rings (SSSR count). The van der Waals surface area contributed by atoms with Crippen LogP contribution in [0.25, 0.3) is 10.9 Å². The van der Waals surface area contributed by atoms with Gasteiger partial charge in [0.15, 0.2) is 0 Å². The molecule has 0 unspecified atom stereocenters. The summed E-state index contributed by atoms with van der Waals surface area (Å²) < 4.78 is 11.1. The Labute approximate surface area is 160 Å². The minimum absolute atomic E-state index is 0.0453. The number of aromatic amines is 1. The van der Waals surface area contributed by atoms with E-state index in [0.717, 1.165) is 43.1 Å². The number of amides is 1. The smallest absolute Gasteiger partial charge is 0.224 e. The van der Waals surface area contributed by atoms with Gasteiger partial charge in [-0.25, -0.2) is 0 Å². The Bertz CT molecular complexity index is 839. The molecule has 2 saturated heterocycles. The summed E-state index contributed by atoms with van der Waals surface area (Å²) in [7, 11) is 0. The molecular weight excluding hydrogens is 342 g/mol. The molecular formula is C21H29N3O3. The van der Waals surface area contributed by atoms with Gasteiger partial charge in [0.2, 0.25) is 5.91 Å². The van der Waals surface area contributed by atoms with Crippen molar-refractivity contribution in [3.05, 3.63) is 34.5 Å². The highest BCUT2D eigenvalue weighted by Crippen LogP contribution is 2.28. The molecule has 6 heteroatoms. The molecule has 1 amide bonds. The maximum Gasteiger partial charge on any atom is 0.224 e. The summed E-state index contributed by atoms with van der Waals surface area (Å²) in [4.78, 5) is 18.7. The predicted molar refractivity (Wildman–Crippen MR) is 105 cm³/mol. The zero-order chi connectivity index (χ0) is 19.0. The molecule has 2 aromatic rings. The first-order chi connectivity index (χ1) is 13.0. The highest BCUT2D eigenvalue weighted by molar-refractivity contribution is 5.93. The van der Waals surface area contributed by atoms with Gasteiger partial charge in [-0.05, 0) is 37.5 Å². The van der Waals surface area contributed by atoms with Gasteiger partial charge in [0.25, 0.3) is 0 Å². The highest BCUT2D eigenvalue weighted by Gasteiger charge is 2.35. The van der Waals surface area contributed by atoms with E-state index in [1.165, 1.54) is 16.5 Å². The number of aryl methyl sites for hydroxylation is 3. The van der Waals surface area contributed by atoms with E-state index in [1.807, 2.05) is 0 Å². The number of nitrogens with zero attached hydrogens (tertiary/aromatic N) is 1. The van der Waals surface area contributed by atoms with Gasteiger partial charge in [-0.15, -0.1) is 0 Å². The van der Waals surface area contributed by atoms with Crippen molar-refractivity contribution in [2.75, 3.05) is 39.5 Å². The fourth-order valence-electron chi connectivity index (χ4n) is 4.40. The van der Waals surface area contributed by atoms with E-state index in [2.05, 4.69) is 48.1 Å². The van der Waals surface area contributed by atoms with Crippen LogP contribution in [0.1, 0.15) is 22.4 Å². The van der Waals surface area contributed by atoms with E-state index in [9.17, 15) is 4.79 Å². The fraction of sp³-hybridized carbons (Fsp3) is 0.571. The van der Waals surface area contributed by atoms with E-state index < -0.39 is 0 Å². The third kappa shape index (κ3) is 3.61. The Morgan fingerprint density at radius 2 is 1.89 bits per heavy atom. The van der Waals surface area contributed by atoms with Gasteiger partial charge in [0.1, 0.15) is 0 Å². The second kappa shape index (κ2) is 7.62. The molecule has 2 N–H and O–H groups in total. The summed E-state index contributed by atoms with van der Waals surface area (Å²) >= 11 is 0. The molecule has 2 aliphatic rings. The lowest BCUT2D eigenvalue weighted by atomic mass is 10.0. The van der Waals surface area contributed by atoms with Gasteiger partial charge in [-0.3, -0.25) is 9.69 Å². The highest BCUT2D eigenvalue weighted by atomic mass is 16.5. The monoisotopic (exact) mass is 371 g/mol. The van der Waals surface area contributed by atoms with Crippen LogP contribution in [0, 0.1) is 20.8 Å². The minimum Gasteiger partial charge on any atom is -0.379 e. The number of aromatic nitrogens is 1. The number of ether oxygens (including phenoxy) is 2. The molecule has 0 bridgehead atoms. The van der Waals surface area contributed by atoms with E-state index in [-0.39, 0.29) is 18.0 Å². The molecule has 0 spiro atoms. The average Bonchev–Trinajstić information content (AvgIpc) is 3.25. The van der Waals surface area contributed by atoms with Crippen molar-refractivity contribution < 1.29 is 14.3 Å². The topological polar surface area (TPSA) is 66.6 Å². The molecule has 2 fully saturated rings. The number of fused-ring (bicyclic) bond motifs is 1. The zero-order valence-corrected chi connectivity index (χ0v) is 16.4. The molecule has 27 heavy (non-hydrogen) atoms. The van der Waals surface area contributed by atoms with Crippen molar-refractivity contribution in [1.29, 1.82) is 0 Å². The lowest BCUT2D eigenvalue weighted by Crippen LogP contribution is -2.54. The van der Waals surface area contributed by atoms with Crippen molar-refractivity contribution in [2.24, 2.45) is 0 Å². The number of benzene rings is 1. The summed E-state index contributed by atoms with van der Waals surface area (Å²) in [6.07, 6.45) is 0.391. The lowest BCUT2D eigenvalue weighted by Gasteiger charge is -2.34. The number of nitrogens with one attached hydrogen (secondary N) is 2. The first-order valence-electron chi connectivity index (χ1n) is 9.81. The molecule has 0 saturated carbocycles. The summed E-state index contributed by atoms with van der Waals surface area (Å²) in [6.45, 7) is 10.8. The van der Waals surface area contributed by atoms with Crippen LogP contribution < -0.4 is 5.32 Å². The van der Waals surface area contributed by atoms with Gasteiger partial charge >= 0.3 is 0 Å². The van der Waals surface area contributed by atoms with E-state index >= 15 is 0 Å². The third-order valence-electron chi connectivity index (χ3n) is 5.94. The van der Waals surface area contributed by atoms with Crippen molar-refractivity contribution in [3.8, 4) is 0 Å². The Kier molecular flexibility index (Phi) is 5.21. The van der Waals surface area contributed by atoms with Gasteiger partial charge in [-0.2, -0.15) is 0 Å². The maximum absolute atomic E-state index is 12.9. The second-order valence-electron chi connectivity index (χ2n) is 7.78. The molecule has 6 nitrogen and oxygen atoms in total. The first kappa shape index (κ1) is 18.5. The van der Waals surface area contributed by atoms with Crippen molar-refractivity contribution >= 4 is 16.8 Å². The number of H-pyrrole nitrogens is 1. The number of morpholine rings is 1. The largest absolute Gasteiger partial charge is 0.379 e. The summed E-state index contributed by atoms with van der Waals surface area (Å²) in [6, 6.07) is 4.54. The lowest BCUT2D eigenvalue weighted by molar-refractivity contribution is -0.121. The van der Waals surface area contributed by atoms with Gasteiger partial charge in [0.05, 0.1) is 44.9 Å². The second-order valence-corrected chi connectivity index (χ2v) is 7.78. The zero-order valence-electron chi connectivity index (χ0n) is 16.4. The molecule has 2 atom stereocenters. The summed E-state index contributed by atoms with van der Waals surface area (Å²) in [5.74, 6) is 0.0636. The summed E-state index contributed by atoms with van der Waals surface area (Å²) in [5, 5.41) is 4.42. The number of rotatable bonds is 4. The van der Waals surface area contributed by atoms with Crippen LogP contribution in [-0.4, -0.2) is 67.4 Å². The van der Waals surface area contributed by atoms with Gasteiger partial charge in [-0.1, -0.05) is 12.1 Å². The molecule has 0 aliphatic carbocycles. The predicted octanol–water partition coefficient (Wildman–Crippen LogP) is 1.85. The van der Waals surface area contributed by atoms with Crippen LogP contribution in [0.2, 0.25) is 0 Å². The summed E-state index contributed by atoms with van der Waals surface area (Å²) in [5.41, 5.74) is 5.74. The number of hydrogen-bond donors (Lipinski definition) is 2. The van der Waals surface area contributed by atoms with Gasteiger partial charge < -0.3 is 19.8 Å². The van der Waals surface area contributed by atoms with Crippen molar-refractivity contribution in [1.82, 2.24) is 15.2 Å². The van der Waals surface area contributed by atoms with Crippen molar-refractivity contribution in [3.63, 3.8) is 0 Å². The quantitative estimate of drug-likeness (QED) is 0.861. The van der Waals surface area contributed by atoms with Crippen LogP contribution in [0.15, 0.2) is 12.1 Å². The number of hydrogen-bond acceptors (Lipinski definition) is 4. The third-order valence-corrected chi connectivity index (χ3v) is 5.94. The fourth-order valence-corrected chi connectivity index (χ4v) is 4.40. The molecule has 0 radical (unpaired) electrons. The van der Waals surface area contributed by atoms with Crippen LogP contribution in [-0.2, 0) is 20.7 Å². The molecule has 146 valence electrons. The Morgan fingerprint density at radius 1 is 1.15 bits per heavy atom. The van der Waals surface area contributed by atoms with Crippen LogP contribution >= 0.6 is 0 Å². The van der Waals surface area contributed by atoms with Crippen LogP contribution in [0.3, 0.4) is 0 Å². The minimum atomic E-state index is 0.0453. The maximum atomic E-state index is 12.9.